The molecule has 6 aromatic rings. The van der Waals surface area contributed by atoms with E-state index < -0.39 is 21.0 Å². The second kappa shape index (κ2) is 8.57. The highest BCUT2D eigenvalue weighted by Crippen LogP contribution is 2.63. The van der Waals surface area contributed by atoms with Crippen molar-refractivity contribution in [3.8, 4) is 16.9 Å². The van der Waals surface area contributed by atoms with Gasteiger partial charge in [-0.1, -0.05) is 105 Å². The highest BCUT2D eigenvalue weighted by molar-refractivity contribution is 7.88. The van der Waals surface area contributed by atoms with Gasteiger partial charge in [-0.15, -0.1) is 0 Å². The molecule has 0 heterocycles. The number of benzene rings is 6. The molecule has 0 saturated heterocycles. The Balaban J connectivity index is 0.00000135. The van der Waals surface area contributed by atoms with Crippen molar-refractivity contribution in [3.63, 3.8) is 0 Å². The molecule has 0 radical (unpaired) electrons. The van der Waals surface area contributed by atoms with E-state index in [9.17, 15) is 21.6 Å². The van der Waals surface area contributed by atoms with Gasteiger partial charge in [-0.05, 0) is 77.8 Å². The molecule has 2 aliphatic rings. The first-order valence-corrected chi connectivity index (χ1v) is 14.8. The molecule has 0 unspecified atom stereocenters. The first-order valence-electron chi connectivity index (χ1n) is 13.4. The summed E-state index contributed by atoms with van der Waals surface area (Å²) in [5, 5.41) is 6.91. The van der Waals surface area contributed by atoms with Crippen molar-refractivity contribution in [1.29, 1.82) is 0 Å². The average molecular weight is 569 g/mol. The van der Waals surface area contributed by atoms with Crippen LogP contribution < -0.4 is 4.18 Å². The van der Waals surface area contributed by atoms with Crippen LogP contribution in [0.5, 0.6) is 5.75 Å². The number of hydrogen-bond donors (Lipinski definition) is 0. The normalized spacial score (nSPS) is 14.4. The summed E-state index contributed by atoms with van der Waals surface area (Å²) in [5.74, 6) is -0.379. The third-order valence-corrected chi connectivity index (χ3v) is 9.18. The lowest BCUT2D eigenvalue weighted by Gasteiger charge is -2.30. The Morgan fingerprint density at radius 2 is 1.07 bits per heavy atom. The van der Waals surface area contributed by atoms with Gasteiger partial charge in [0.25, 0.3) is 0 Å². The zero-order valence-corrected chi connectivity index (χ0v) is 22.9. The fourth-order valence-electron chi connectivity index (χ4n) is 6.88. The van der Waals surface area contributed by atoms with Crippen LogP contribution in [0.25, 0.3) is 43.4 Å². The Kier molecular flexibility index (Phi) is 5.35. The first kappa shape index (κ1) is 25.6. The summed E-state index contributed by atoms with van der Waals surface area (Å²) in [6.45, 7) is 4.00. The molecule has 0 atom stereocenters. The third kappa shape index (κ3) is 3.18. The van der Waals surface area contributed by atoms with E-state index in [1.807, 2.05) is 50.2 Å². The second-order valence-electron chi connectivity index (χ2n) is 9.99. The SMILES string of the molecule is CC.O=S(=O)(Oc1ccc2c(c1)-c1ccccc1C21c2cccc3c4ccccc4c4cccc1c4c23)C(F)(F)F. The largest absolute Gasteiger partial charge is 0.534 e. The molecule has 8 rings (SSSR count). The maximum Gasteiger partial charge on any atom is 0.534 e. The predicted molar refractivity (Wildman–Crippen MR) is 157 cm³/mol. The number of alkyl halides is 3. The van der Waals surface area contributed by atoms with Gasteiger partial charge in [0.05, 0.1) is 5.41 Å². The van der Waals surface area contributed by atoms with Gasteiger partial charge in [0.15, 0.2) is 0 Å². The minimum Gasteiger partial charge on any atom is -0.376 e. The van der Waals surface area contributed by atoms with Gasteiger partial charge in [0, 0.05) is 0 Å². The van der Waals surface area contributed by atoms with Crippen LogP contribution in [0.1, 0.15) is 36.1 Å². The van der Waals surface area contributed by atoms with Crippen LogP contribution in [0.2, 0.25) is 0 Å². The minimum absolute atomic E-state index is 0.379. The Morgan fingerprint density at radius 1 is 0.585 bits per heavy atom. The number of fused-ring (bicyclic) bond motifs is 10. The zero-order valence-electron chi connectivity index (χ0n) is 22.1. The summed E-state index contributed by atoms with van der Waals surface area (Å²) in [5.41, 5.74) is -0.700. The lowest BCUT2D eigenvalue weighted by Crippen LogP contribution is -2.28. The van der Waals surface area contributed by atoms with E-state index in [1.165, 1.54) is 12.1 Å². The van der Waals surface area contributed by atoms with Gasteiger partial charge in [0.1, 0.15) is 5.75 Å². The van der Waals surface area contributed by atoms with Crippen molar-refractivity contribution < 1.29 is 25.8 Å². The molecule has 0 saturated carbocycles. The smallest absolute Gasteiger partial charge is 0.376 e. The number of hydrogen-bond acceptors (Lipinski definition) is 3. The minimum atomic E-state index is -5.80. The molecule has 0 amide bonds. The van der Waals surface area contributed by atoms with Crippen LogP contribution >= 0.6 is 0 Å². The van der Waals surface area contributed by atoms with E-state index >= 15 is 0 Å². The van der Waals surface area contributed by atoms with Crippen LogP contribution in [0, 0.1) is 0 Å². The van der Waals surface area contributed by atoms with Crippen LogP contribution in [-0.4, -0.2) is 13.9 Å². The van der Waals surface area contributed by atoms with Crippen molar-refractivity contribution in [2.24, 2.45) is 0 Å². The van der Waals surface area contributed by atoms with E-state index in [-0.39, 0.29) is 5.75 Å². The monoisotopic (exact) mass is 568 g/mol. The molecular weight excluding hydrogens is 545 g/mol. The predicted octanol–water partition coefficient (Wildman–Crippen LogP) is 9.08. The molecular formula is C34H23F3O3S. The maximum atomic E-state index is 13.1. The summed E-state index contributed by atoms with van der Waals surface area (Å²) in [6, 6.07) is 33.2. The number of halogens is 3. The van der Waals surface area contributed by atoms with Gasteiger partial charge >= 0.3 is 15.6 Å². The summed E-state index contributed by atoms with van der Waals surface area (Å²) >= 11 is 0. The summed E-state index contributed by atoms with van der Waals surface area (Å²) in [6.07, 6.45) is 0. The van der Waals surface area contributed by atoms with E-state index in [2.05, 4.69) is 52.7 Å². The quantitative estimate of drug-likeness (QED) is 0.119. The van der Waals surface area contributed by atoms with E-state index in [4.69, 9.17) is 0 Å². The molecule has 7 heteroatoms. The highest BCUT2D eigenvalue weighted by Gasteiger charge is 2.52. The van der Waals surface area contributed by atoms with Crippen molar-refractivity contribution >= 4 is 42.4 Å². The van der Waals surface area contributed by atoms with Gasteiger partial charge in [-0.2, -0.15) is 21.6 Å². The standard InChI is InChI=1S/C32H17F3O3S.C2H6/c33-32(34,35)39(36,37)38-18-15-16-26-24(17-18)21-9-3-4-12-25(21)31(26)27-13-5-10-22-19-7-1-2-8-20(19)23-11-6-14-28(31)30(23)29(22)27;1-2/h1-17H;1-2H3. The van der Waals surface area contributed by atoms with Crippen molar-refractivity contribution in [2.45, 2.75) is 24.8 Å². The van der Waals surface area contributed by atoms with Crippen LogP contribution in [0.3, 0.4) is 0 Å². The van der Waals surface area contributed by atoms with E-state index in [1.54, 1.807) is 6.07 Å². The van der Waals surface area contributed by atoms with E-state index in [0.717, 1.165) is 60.1 Å². The van der Waals surface area contributed by atoms with Crippen LogP contribution in [0.15, 0.2) is 103 Å². The van der Waals surface area contributed by atoms with Crippen LogP contribution in [0.4, 0.5) is 13.2 Å². The molecule has 3 nitrogen and oxygen atoms in total. The molecule has 204 valence electrons. The van der Waals surface area contributed by atoms with Gasteiger partial charge in [-0.3, -0.25) is 0 Å². The molecule has 6 aromatic carbocycles. The van der Waals surface area contributed by atoms with E-state index in [0.29, 0.717) is 5.56 Å². The maximum absolute atomic E-state index is 13.1. The molecule has 2 aliphatic carbocycles. The third-order valence-electron chi connectivity index (χ3n) is 8.20. The van der Waals surface area contributed by atoms with Gasteiger partial charge < -0.3 is 4.18 Å². The number of rotatable bonds is 2. The Morgan fingerprint density at radius 3 is 1.66 bits per heavy atom. The Bertz CT molecular complexity index is 2080. The molecule has 0 fully saturated rings. The molecule has 0 bridgehead atoms. The Labute approximate surface area is 234 Å². The van der Waals surface area contributed by atoms with Crippen molar-refractivity contribution in [2.75, 3.05) is 0 Å². The molecule has 0 N–H and O–H groups in total. The second-order valence-corrected chi connectivity index (χ2v) is 11.5. The van der Waals surface area contributed by atoms with Crippen molar-refractivity contribution in [3.05, 3.63) is 125 Å². The van der Waals surface area contributed by atoms with Crippen molar-refractivity contribution in [1.82, 2.24) is 0 Å². The lowest BCUT2D eigenvalue weighted by molar-refractivity contribution is -0.0500. The lowest BCUT2D eigenvalue weighted by atomic mass is 9.70. The average Bonchev–Trinajstić information content (AvgIpc) is 3.44. The fourth-order valence-corrected chi connectivity index (χ4v) is 7.34. The topological polar surface area (TPSA) is 43.4 Å². The Hall–Kier alpha value is -4.36. The van der Waals surface area contributed by atoms with Gasteiger partial charge in [0.2, 0.25) is 0 Å². The molecule has 0 aliphatic heterocycles. The first-order chi connectivity index (χ1) is 19.7. The fraction of sp³-hybridized carbons (Fsp3) is 0.118. The van der Waals surface area contributed by atoms with Crippen LogP contribution in [-0.2, 0) is 15.5 Å². The molecule has 41 heavy (non-hydrogen) atoms. The summed E-state index contributed by atoms with van der Waals surface area (Å²) in [7, 11) is -5.80. The van der Waals surface area contributed by atoms with Gasteiger partial charge in [-0.25, -0.2) is 0 Å². The molecule has 1 spiro atoms. The highest BCUT2D eigenvalue weighted by atomic mass is 32.2. The molecule has 0 aromatic heterocycles. The summed E-state index contributed by atoms with van der Waals surface area (Å²) in [4.78, 5) is 0. The summed E-state index contributed by atoms with van der Waals surface area (Å²) < 4.78 is 67.4. The zero-order chi connectivity index (χ0) is 28.7.